The first kappa shape index (κ1) is 14.4. The van der Waals surface area contributed by atoms with Crippen molar-refractivity contribution in [3.8, 4) is 0 Å². The van der Waals surface area contributed by atoms with Gasteiger partial charge in [-0.1, -0.05) is 12.1 Å². The summed E-state index contributed by atoms with van der Waals surface area (Å²) in [5, 5.41) is 2.20. The Hall–Kier alpha value is -1.19. The first-order valence-corrected chi connectivity index (χ1v) is 9.31. The minimum absolute atomic E-state index is 0.281. The maximum absolute atomic E-state index is 4.78. The number of thiophene rings is 1. The Morgan fingerprint density at radius 1 is 1.18 bits per heavy atom. The van der Waals surface area contributed by atoms with Crippen LogP contribution in [-0.4, -0.2) is 29.0 Å². The van der Waals surface area contributed by atoms with E-state index in [0.717, 1.165) is 12.1 Å². The third-order valence-electron chi connectivity index (χ3n) is 5.88. The zero-order chi connectivity index (χ0) is 15.0. The lowest BCUT2D eigenvalue weighted by Crippen LogP contribution is -2.48. The van der Waals surface area contributed by atoms with Crippen LogP contribution in [0.15, 0.2) is 41.9 Å². The lowest BCUT2D eigenvalue weighted by Gasteiger charge is -2.45. The fraction of sp³-hybridized carbons (Fsp3) is 0.526. The first-order chi connectivity index (χ1) is 10.8. The summed E-state index contributed by atoms with van der Waals surface area (Å²) in [7, 11) is 2.32. The van der Waals surface area contributed by atoms with Gasteiger partial charge in [0.2, 0.25) is 0 Å². The summed E-state index contributed by atoms with van der Waals surface area (Å²) in [5.74, 6) is 0. The zero-order valence-corrected chi connectivity index (χ0v) is 14.1. The molecular weight excluding hydrogens is 288 g/mol. The van der Waals surface area contributed by atoms with E-state index in [1.54, 1.807) is 0 Å². The van der Waals surface area contributed by atoms with Gasteiger partial charge in [0, 0.05) is 34.3 Å². The maximum atomic E-state index is 4.78. The summed E-state index contributed by atoms with van der Waals surface area (Å²) in [5.41, 5.74) is 1.61. The standard InChI is InChI=1S/C19H24N2S/c1-21-15-7-8-16(21)14-19(13-15,18-6-2-3-11-20-18)10-9-17-5-4-12-22-17/h2-6,11-12,15-16H,7-10,13-14H2,1H3. The highest BCUT2D eigenvalue weighted by Crippen LogP contribution is 2.48. The van der Waals surface area contributed by atoms with E-state index in [2.05, 4.69) is 41.6 Å². The molecule has 116 valence electrons. The molecule has 4 heterocycles. The number of aromatic nitrogens is 1. The van der Waals surface area contributed by atoms with Crippen molar-refractivity contribution in [1.29, 1.82) is 0 Å². The van der Waals surface area contributed by atoms with Crippen LogP contribution in [0.3, 0.4) is 0 Å². The molecular formula is C19H24N2S. The van der Waals surface area contributed by atoms with Crippen molar-refractivity contribution in [3.05, 3.63) is 52.5 Å². The molecule has 2 aromatic heterocycles. The number of piperidine rings is 1. The van der Waals surface area contributed by atoms with Gasteiger partial charge in [0.05, 0.1) is 0 Å². The van der Waals surface area contributed by atoms with Crippen LogP contribution in [0.4, 0.5) is 0 Å². The smallest absolute Gasteiger partial charge is 0.0466 e. The van der Waals surface area contributed by atoms with Crippen molar-refractivity contribution in [3.63, 3.8) is 0 Å². The second kappa shape index (κ2) is 5.78. The van der Waals surface area contributed by atoms with Gasteiger partial charge in [-0.3, -0.25) is 4.98 Å². The molecule has 0 radical (unpaired) electrons. The Balaban J connectivity index is 1.63. The second-order valence-electron chi connectivity index (χ2n) is 7.03. The van der Waals surface area contributed by atoms with E-state index in [-0.39, 0.29) is 5.41 Å². The number of pyridine rings is 1. The Labute approximate surface area is 137 Å². The first-order valence-electron chi connectivity index (χ1n) is 8.43. The Bertz CT molecular complexity index is 594. The molecule has 2 aliphatic rings. The highest BCUT2D eigenvalue weighted by molar-refractivity contribution is 7.09. The molecule has 2 saturated heterocycles. The zero-order valence-electron chi connectivity index (χ0n) is 13.2. The highest BCUT2D eigenvalue weighted by atomic mass is 32.1. The largest absolute Gasteiger partial charge is 0.300 e. The number of nitrogens with zero attached hydrogens (tertiary/aromatic N) is 2. The van der Waals surface area contributed by atoms with E-state index in [9.17, 15) is 0 Å². The van der Waals surface area contributed by atoms with Gasteiger partial charge in [-0.25, -0.2) is 0 Å². The van der Waals surface area contributed by atoms with Crippen molar-refractivity contribution in [1.82, 2.24) is 9.88 Å². The summed E-state index contributed by atoms with van der Waals surface area (Å²) in [6, 6.07) is 12.4. The fourth-order valence-electron chi connectivity index (χ4n) is 4.60. The summed E-state index contributed by atoms with van der Waals surface area (Å²) < 4.78 is 0. The van der Waals surface area contributed by atoms with Crippen LogP contribution in [0.5, 0.6) is 0 Å². The van der Waals surface area contributed by atoms with Gasteiger partial charge >= 0.3 is 0 Å². The second-order valence-corrected chi connectivity index (χ2v) is 8.07. The Morgan fingerprint density at radius 2 is 2.00 bits per heavy atom. The van der Waals surface area contributed by atoms with Crippen LogP contribution in [0.25, 0.3) is 0 Å². The molecule has 0 amide bonds. The number of hydrogen-bond acceptors (Lipinski definition) is 3. The molecule has 0 spiro atoms. The van der Waals surface area contributed by atoms with E-state index in [4.69, 9.17) is 4.98 Å². The summed E-state index contributed by atoms with van der Waals surface area (Å²) in [4.78, 5) is 8.93. The molecule has 22 heavy (non-hydrogen) atoms. The van der Waals surface area contributed by atoms with E-state index < -0.39 is 0 Å². The predicted molar refractivity (Wildman–Crippen MR) is 92.4 cm³/mol. The van der Waals surface area contributed by atoms with Gasteiger partial charge in [-0.15, -0.1) is 11.3 Å². The number of fused-ring (bicyclic) bond motifs is 2. The number of hydrogen-bond donors (Lipinski definition) is 0. The van der Waals surface area contributed by atoms with Crippen molar-refractivity contribution in [2.45, 2.75) is 56.0 Å². The molecule has 0 N–H and O–H groups in total. The molecule has 2 atom stereocenters. The van der Waals surface area contributed by atoms with Crippen molar-refractivity contribution < 1.29 is 0 Å². The molecule has 2 unspecified atom stereocenters. The third kappa shape index (κ3) is 2.50. The molecule has 3 heteroatoms. The topological polar surface area (TPSA) is 16.1 Å². The SMILES string of the molecule is CN1C2CCC1CC(CCc1cccs1)(c1ccccn1)C2. The normalized spacial score (nSPS) is 31.5. The van der Waals surface area contributed by atoms with Gasteiger partial charge < -0.3 is 4.90 Å². The average Bonchev–Trinajstić information content (AvgIpc) is 3.13. The van der Waals surface area contributed by atoms with Gasteiger partial charge in [-0.05, 0) is 69.2 Å². The quantitative estimate of drug-likeness (QED) is 0.838. The van der Waals surface area contributed by atoms with E-state index in [0.29, 0.717) is 0 Å². The molecule has 2 bridgehead atoms. The van der Waals surface area contributed by atoms with E-state index in [1.165, 1.54) is 49.1 Å². The van der Waals surface area contributed by atoms with Crippen molar-refractivity contribution in [2.75, 3.05) is 7.05 Å². The Morgan fingerprint density at radius 3 is 2.64 bits per heavy atom. The van der Waals surface area contributed by atoms with Gasteiger partial charge in [0.15, 0.2) is 0 Å². The van der Waals surface area contributed by atoms with Gasteiger partial charge in [-0.2, -0.15) is 0 Å². The van der Waals surface area contributed by atoms with Crippen LogP contribution >= 0.6 is 11.3 Å². The van der Waals surface area contributed by atoms with Crippen molar-refractivity contribution in [2.24, 2.45) is 0 Å². The lowest BCUT2D eigenvalue weighted by atomic mass is 9.69. The summed E-state index contributed by atoms with van der Waals surface area (Å²) >= 11 is 1.89. The average molecular weight is 312 g/mol. The Kier molecular flexibility index (Phi) is 3.79. The minimum Gasteiger partial charge on any atom is -0.300 e. The number of aryl methyl sites for hydroxylation is 1. The molecule has 0 aliphatic carbocycles. The van der Waals surface area contributed by atoms with Crippen LogP contribution in [0, 0.1) is 0 Å². The molecule has 0 saturated carbocycles. The molecule has 2 aromatic rings. The molecule has 2 fully saturated rings. The van der Waals surface area contributed by atoms with Gasteiger partial charge in [0.1, 0.15) is 0 Å². The minimum atomic E-state index is 0.281. The van der Waals surface area contributed by atoms with Crippen LogP contribution in [0.2, 0.25) is 0 Å². The molecule has 2 aliphatic heterocycles. The van der Waals surface area contributed by atoms with Crippen molar-refractivity contribution >= 4 is 11.3 Å². The summed E-state index contributed by atoms with van der Waals surface area (Å²) in [6.45, 7) is 0. The third-order valence-corrected chi connectivity index (χ3v) is 6.81. The maximum Gasteiger partial charge on any atom is 0.0466 e. The molecule has 2 nitrogen and oxygen atoms in total. The predicted octanol–water partition coefficient (Wildman–Crippen LogP) is 4.27. The van der Waals surface area contributed by atoms with Crippen LogP contribution < -0.4 is 0 Å². The monoisotopic (exact) mass is 312 g/mol. The summed E-state index contributed by atoms with van der Waals surface area (Å²) in [6.07, 6.45) is 9.71. The number of rotatable bonds is 4. The molecule has 0 aromatic carbocycles. The molecule has 4 rings (SSSR count). The van der Waals surface area contributed by atoms with Crippen LogP contribution in [0.1, 0.15) is 42.7 Å². The fourth-order valence-corrected chi connectivity index (χ4v) is 5.31. The van der Waals surface area contributed by atoms with Crippen LogP contribution in [-0.2, 0) is 11.8 Å². The van der Waals surface area contributed by atoms with Gasteiger partial charge in [0.25, 0.3) is 0 Å². The lowest BCUT2D eigenvalue weighted by molar-refractivity contribution is 0.102. The van der Waals surface area contributed by atoms with E-state index in [1.807, 2.05) is 23.6 Å². The highest BCUT2D eigenvalue weighted by Gasteiger charge is 2.47. The van der Waals surface area contributed by atoms with E-state index >= 15 is 0 Å².